The van der Waals surface area contributed by atoms with Crippen molar-refractivity contribution < 1.29 is 4.79 Å². The Morgan fingerprint density at radius 3 is 2.89 bits per heavy atom. The Kier molecular flexibility index (Phi) is 4.74. The van der Waals surface area contributed by atoms with E-state index in [1.807, 2.05) is 4.90 Å². The molecule has 2 rings (SSSR count). The smallest absolute Gasteiger partial charge is 0.255 e. The summed E-state index contributed by atoms with van der Waals surface area (Å²) in [5, 5.41) is 3.34. The predicted molar refractivity (Wildman–Crippen MR) is 74.3 cm³/mol. The van der Waals surface area contributed by atoms with Crippen LogP contribution in [0.15, 0.2) is 23.1 Å². The zero-order chi connectivity index (χ0) is 13.7. The van der Waals surface area contributed by atoms with Gasteiger partial charge in [0.2, 0.25) is 5.56 Å². The highest BCUT2D eigenvalue weighted by molar-refractivity contribution is 5.94. The normalized spacial score (nSPS) is 19.1. The van der Waals surface area contributed by atoms with Gasteiger partial charge in [0.05, 0.1) is 5.56 Å². The van der Waals surface area contributed by atoms with E-state index in [0.717, 1.165) is 38.9 Å². The maximum absolute atomic E-state index is 12.5. The lowest BCUT2D eigenvalue weighted by Gasteiger charge is -2.34. The second-order valence-corrected chi connectivity index (χ2v) is 4.94. The molecular formula is C14H21N3O2. The van der Waals surface area contributed by atoms with Crippen LogP contribution in [-0.2, 0) is 0 Å². The standard InChI is InChI=1S/C14H21N3O2/c1-2-8-17(12-4-3-7-15-10-12)14(19)11-5-6-13(18)16-9-11/h5-6,9,12,15H,2-4,7-8,10H2,1H3,(H,16,18). The summed E-state index contributed by atoms with van der Waals surface area (Å²) in [4.78, 5) is 28.1. The van der Waals surface area contributed by atoms with Crippen LogP contribution in [0.1, 0.15) is 36.5 Å². The van der Waals surface area contributed by atoms with Crippen LogP contribution in [0, 0.1) is 0 Å². The van der Waals surface area contributed by atoms with Crippen LogP contribution in [0.3, 0.4) is 0 Å². The van der Waals surface area contributed by atoms with E-state index in [0.29, 0.717) is 5.56 Å². The lowest BCUT2D eigenvalue weighted by atomic mass is 10.0. The minimum Gasteiger partial charge on any atom is -0.334 e. The summed E-state index contributed by atoms with van der Waals surface area (Å²) in [5.41, 5.74) is 0.372. The van der Waals surface area contributed by atoms with E-state index in [-0.39, 0.29) is 17.5 Å². The van der Waals surface area contributed by atoms with Crippen molar-refractivity contribution in [2.45, 2.75) is 32.2 Å². The summed E-state index contributed by atoms with van der Waals surface area (Å²) < 4.78 is 0. The second kappa shape index (κ2) is 6.52. The fraction of sp³-hybridized carbons (Fsp3) is 0.571. The average Bonchev–Trinajstić information content (AvgIpc) is 2.46. The minimum atomic E-state index is -0.182. The molecule has 0 aliphatic carbocycles. The third kappa shape index (κ3) is 3.44. The van der Waals surface area contributed by atoms with Gasteiger partial charge in [-0.2, -0.15) is 0 Å². The largest absolute Gasteiger partial charge is 0.334 e. The molecule has 1 amide bonds. The quantitative estimate of drug-likeness (QED) is 0.851. The highest BCUT2D eigenvalue weighted by atomic mass is 16.2. The number of hydrogen-bond donors (Lipinski definition) is 2. The van der Waals surface area contributed by atoms with E-state index in [2.05, 4.69) is 17.2 Å². The van der Waals surface area contributed by atoms with Gasteiger partial charge in [0.15, 0.2) is 0 Å². The van der Waals surface area contributed by atoms with Crippen LogP contribution < -0.4 is 10.9 Å². The van der Waals surface area contributed by atoms with Gasteiger partial charge < -0.3 is 15.2 Å². The van der Waals surface area contributed by atoms with Gasteiger partial charge >= 0.3 is 0 Å². The number of nitrogens with zero attached hydrogens (tertiary/aromatic N) is 1. The van der Waals surface area contributed by atoms with Crippen molar-refractivity contribution in [1.29, 1.82) is 0 Å². The van der Waals surface area contributed by atoms with Crippen molar-refractivity contribution in [2.75, 3.05) is 19.6 Å². The average molecular weight is 263 g/mol. The summed E-state index contributed by atoms with van der Waals surface area (Å²) in [5.74, 6) is 0.00630. The molecule has 0 aromatic carbocycles. The summed E-state index contributed by atoms with van der Waals surface area (Å²) in [6.45, 7) is 4.71. The third-order valence-corrected chi connectivity index (χ3v) is 3.47. The van der Waals surface area contributed by atoms with Crippen LogP contribution in [0.4, 0.5) is 0 Å². The number of nitrogens with one attached hydrogen (secondary N) is 2. The predicted octanol–water partition coefficient (Wildman–Crippen LogP) is 0.979. The molecule has 0 saturated carbocycles. The van der Waals surface area contributed by atoms with Gasteiger partial charge in [-0.25, -0.2) is 0 Å². The van der Waals surface area contributed by atoms with Crippen LogP contribution in [0.5, 0.6) is 0 Å². The maximum Gasteiger partial charge on any atom is 0.255 e. The summed E-state index contributed by atoms with van der Waals surface area (Å²) in [6, 6.07) is 3.25. The van der Waals surface area contributed by atoms with Crippen molar-refractivity contribution in [1.82, 2.24) is 15.2 Å². The lowest BCUT2D eigenvalue weighted by molar-refractivity contribution is 0.0648. The molecule has 1 aliphatic heterocycles. The molecule has 104 valence electrons. The number of aromatic amines is 1. The first kappa shape index (κ1) is 13.8. The van der Waals surface area contributed by atoms with Gasteiger partial charge in [-0.3, -0.25) is 9.59 Å². The van der Waals surface area contributed by atoms with E-state index < -0.39 is 0 Å². The van der Waals surface area contributed by atoms with E-state index in [1.54, 1.807) is 6.07 Å². The number of rotatable bonds is 4. The molecule has 1 aromatic heterocycles. The van der Waals surface area contributed by atoms with Crippen molar-refractivity contribution in [2.24, 2.45) is 0 Å². The molecule has 2 heterocycles. The molecule has 5 heteroatoms. The van der Waals surface area contributed by atoms with Crippen molar-refractivity contribution in [3.63, 3.8) is 0 Å². The molecular weight excluding hydrogens is 242 g/mol. The Hall–Kier alpha value is -1.62. The number of amides is 1. The maximum atomic E-state index is 12.5. The van der Waals surface area contributed by atoms with Crippen molar-refractivity contribution in [3.8, 4) is 0 Å². The van der Waals surface area contributed by atoms with Crippen molar-refractivity contribution >= 4 is 5.91 Å². The number of H-pyrrole nitrogens is 1. The molecule has 0 spiro atoms. The van der Waals surface area contributed by atoms with Crippen LogP contribution in [0.2, 0.25) is 0 Å². The Morgan fingerprint density at radius 2 is 2.32 bits per heavy atom. The van der Waals surface area contributed by atoms with Gasteiger partial charge in [-0.15, -0.1) is 0 Å². The van der Waals surface area contributed by atoms with Crippen LogP contribution in [-0.4, -0.2) is 41.5 Å². The summed E-state index contributed by atoms with van der Waals surface area (Å²) >= 11 is 0. The van der Waals surface area contributed by atoms with E-state index in [9.17, 15) is 9.59 Å². The zero-order valence-corrected chi connectivity index (χ0v) is 11.3. The fourth-order valence-electron chi connectivity index (χ4n) is 2.50. The first-order valence-corrected chi connectivity index (χ1v) is 6.93. The summed E-state index contributed by atoms with van der Waals surface area (Å²) in [7, 11) is 0. The number of hydrogen-bond acceptors (Lipinski definition) is 3. The first-order chi connectivity index (χ1) is 9.22. The monoisotopic (exact) mass is 263 g/mol. The SMILES string of the molecule is CCCN(C(=O)c1ccc(=O)[nH]c1)C1CCCNC1. The highest BCUT2D eigenvalue weighted by Gasteiger charge is 2.25. The molecule has 2 N–H and O–H groups in total. The lowest BCUT2D eigenvalue weighted by Crippen LogP contribution is -2.49. The molecule has 1 aromatic rings. The van der Waals surface area contributed by atoms with Gasteiger partial charge in [0.25, 0.3) is 5.91 Å². The summed E-state index contributed by atoms with van der Waals surface area (Å²) in [6.07, 6.45) is 4.58. The molecule has 1 fully saturated rings. The van der Waals surface area contributed by atoms with E-state index in [4.69, 9.17) is 0 Å². The van der Waals surface area contributed by atoms with Gasteiger partial charge in [0, 0.05) is 31.4 Å². The molecule has 5 nitrogen and oxygen atoms in total. The van der Waals surface area contributed by atoms with Gasteiger partial charge in [0.1, 0.15) is 0 Å². The molecule has 0 radical (unpaired) electrons. The number of carbonyl (C=O) groups is 1. The molecule has 1 atom stereocenters. The Bertz CT molecular complexity index is 457. The van der Waals surface area contributed by atoms with Gasteiger partial charge in [-0.1, -0.05) is 6.92 Å². The number of piperidine rings is 1. The Morgan fingerprint density at radius 1 is 1.47 bits per heavy atom. The van der Waals surface area contributed by atoms with Gasteiger partial charge in [-0.05, 0) is 31.9 Å². The topological polar surface area (TPSA) is 65.2 Å². The highest BCUT2D eigenvalue weighted by Crippen LogP contribution is 2.14. The zero-order valence-electron chi connectivity index (χ0n) is 11.3. The third-order valence-electron chi connectivity index (χ3n) is 3.47. The molecule has 1 aliphatic rings. The number of aromatic nitrogens is 1. The molecule has 19 heavy (non-hydrogen) atoms. The first-order valence-electron chi connectivity index (χ1n) is 6.93. The number of pyridine rings is 1. The van der Waals surface area contributed by atoms with Crippen LogP contribution in [0.25, 0.3) is 0 Å². The van der Waals surface area contributed by atoms with E-state index in [1.165, 1.54) is 12.3 Å². The Balaban J connectivity index is 2.15. The Labute approximate surface area is 113 Å². The number of carbonyl (C=O) groups excluding carboxylic acids is 1. The van der Waals surface area contributed by atoms with Crippen molar-refractivity contribution in [3.05, 3.63) is 34.2 Å². The minimum absolute atomic E-state index is 0.00630. The molecule has 0 bridgehead atoms. The second-order valence-electron chi connectivity index (χ2n) is 4.94. The van der Waals surface area contributed by atoms with Crippen LogP contribution >= 0.6 is 0 Å². The van der Waals surface area contributed by atoms with E-state index >= 15 is 0 Å². The fourth-order valence-corrected chi connectivity index (χ4v) is 2.50. The molecule has 1 unspecified atom stereocenters. The molecule has 1 saturated heterocycles.